The number of rotatable bonds is 8. The summed E-state index contributed by atoms with van der Waals surface area (Å²) in [5, 5.41) is 0. The second kappa shape index (κ2) is 9.27. The largest absolute Gasteiger partial charge is 0.460 e. The van der Waals surface area contributed by atoms with Crippen LogP contribution >= 0.6 is 0 Å². The van der Waals surface area contributed by atoms with Gasteiger partial charge in [0.1, 0.15) is 18.4 Å². The molecule has 0 spiro atoms. The van der Waals surface area contributed by atoms with E-state index in [1.54, 1.807) is 6.08 Å². The first-order chi connectivity index (χ1) is 12.6. The Morgan fingerprint density at radius 3 is 2.88 bits per heavy atom. The van der Waals surface area contributed by atoms with Gasteiger partial charge in [-0.05, 0) is 44.4 Å². The van der Waals surface area contributed by atoms with Crippen LogP contribution in [0.25, 0.3) is 0 Å². The zero-order chi connectivity index (χ0) is 18.5. The highest BCUT2D eigenvalue weighted by Crippen LogP contribution is 2.43. The number of allylic oxidation sites excluding steroid dienone is 1. The van der Waals surface area contributed by atoms with Gasteiger partial charge in [0.25, 0.3) is 0 Å². The van der Waals surface area contributed by atoms with Crippen molar-refractivity contribution in [3.8, 4) is 0 Å². The van der Waals surface area contributed by atoms with Gasteiger partial charge in [-0.2, -0.15) is 0 Å². The van der Waals surface area contributed by atoms with E-state index in [-0.39, 0.29) is 18.3 Å². The second-order valence-electron chi connectivity index (χ2n) is 7.64. The van der Waals surface area contributed by atoms with E-state index >= 15 is 0 Å². The summed E-state index contributed by atoms with van der Waals surface area (Å²) in [4.78, 5) is 11.4. The number of halogens is 2. The first-order valence-corrected chi connectivity index (χ1v) is 10.0. The molecule has 6 heteroatoms. The minimum atomic E-state index is -1.57. The molecule has 1 aliphatic carbocycles. The minimum Gasteiger partial charge on any atom is -0.460 e. The van der Waals surface area contributed by atoms with Crippen LogP contribution in [-0.2, 0) is 19.0 Å². The molecule has 0 aromatic rings. The van der Waals surface area contributed by atoms with Crippen molar-refractivity contribution in [2.24, 2.45) is 11.8 Å². The molecular formula is C20H30F2O4. The van der Waals surface area contributed by atoms with Crippen LogP contribution in [0, 0.1) is 11.8 Å². The summed E-state index contributed by atoms with van der Waals surface area (Å²) in [6.45, 7) is 2.67. The Kier molecular flexibility index (Phi) is 7.04. The van der Waals surface area contributed by atoms with Gasteiger partial charge < -0.3 is 14.2 Å². The Bertz CT molecular complexity index is 492. The van der Waals surface area contributed by atoms with Gasteiger partial charge in [0.2, 0.25) is 6.17 Å². The van der Waals surface area contributed by atoms with Crippen molar-refractivity contribution in [2.45, 2.75) is 89.1 Å². The first-order valence-electron chi connectivity index (χ1n) is 10.0. The summed E-state index contributed by atoms with van der Waals surface area (Å²) < 4.78 is 45.4. The van der Waals surface area contributed by atoms with Crippen LogP contribution in [0.1, 0.15) is 58.3 Å². The molecule has 4 nitrogen and oxygen atoms in total. The second-order valence-corrected chi connectivity index (χ2v) is 7.64. The number of hydrogen-bond acceptors (Lipinski definition) is 4. The van der Waals surface area contributed by atoms with E-state index in [2.05, 4.69) is 0 Å². The summed E-state index contributed by atoms with van der Waals surface area (Å²) in [5.74, 6) is -1.31. The minimum absolute atomic E-state index is 0.113. The zero-order valence-corrected chi connectivity index (χ0v) is 15.4. The number of hydrogen-bond donors (Lipinski definition) is 0. The lowest BCUT2D eigenvalue weighted by molar-refractivity contribution is -0.189. The number of alkyl halides is 2. The number of fused-ring (bicyclic) bond motifs is 1. The maximum absolute atomic E-state index is 14.7. The van der Waals surface area contributed by atoms with Crippen LogP contribution in [-0.4, -0.2) is 43.4 Å². The summed E-state index contributed by atoms with van der Waals surface area (Å²) in [6, 6.07) is 0. The summed E-state index contributed by atoms with van der Waals surface area (Å²) >= 11 is 0. The third kappa shape index (κ3) is 4.63. The Morgan fingerprint density at radius 2 is 2.15 bits per heavy atom. The Hall–Kier alpha value is -1.01. The highest BCUT2D eigenvalue weighted by Gasteiger charge is 2.51. The molecule has 3 rings (SSSR count). The van der Waals surface area contributed by atoms with Crippen LogP contribution < -0.4 is 0 Å². The molecule has 0 aromatic carbocycles. The van der Waals surface area contributed by atoms with Crippen molar-refractivity contribution in [1.82, 2.24) is 0 Å². The van der Waals surface area contributed by atoms with Crippen molar-refractivity contribution in [2.75, 3.05) is 6.61 Å². The lowest BCUT2D eigenvalue weighted by Gasteiger charge is -2.28. The van der Waals surface area contributed by atoms with E-state index in [4.69, 9.17) is 14.2 Å². The van der Waals surface area contributed by atoms with Gasteiger partial charge >= 0.3 is 5.97 Å². The topological polar surface area (TPSA) is 44.8 Å². The molecule has 7 atom stereocenters. The number of unbranched alkanes of at least 4 members (excludes halogenated alkanes) is 1. The van der Waals surface area contributed by atoms with Crippen molar-refractivity contribution >= 4 is 5.97 Å². The normalized spacial score (nSPS) is 36.9. The number of carbonyl (C=O) groups is 1. The van der Waals surface area contributed by atoms with Crippen LogP contribution in [0.4, 0.5) is 8.78 Å². The highest BCUT2D eigenvalue weighted by molar-refractivity contribution is 5.77. The standard InChI is InChI=1S/C20H30F2O4/c1-2-3-6-14(21)15(25-17-7-4-5-12-24-17)10-8-13-9-11-16-18(13)19(22)20(23)26-16/h8,10,13-19H,2-7,9,11-12H2,1H3. The van der Waals surface area contributed by atoms with E-state index < -0.39 is 30.3 Å². The van der Waals surface area contributed by atoms with E-state index in [9.17, 15) is 13.6 Å². The Balaban J connectivity index is 1.63. The van der Waals surface area contributed by atoms with Crippen LogP contribution in [0.15, 0.2) is 12.2 Å². The van der Waals surface area contributed by atoms with Crippen molar-refractivity contribution in [3.05, 3.63) is 12.2 Å². The third-order valence-electron chi connectivity index (χ3n) is 5.72. The fourth-order valence-electron chi connectivity index (χ4n) is 4.22. The Labute approximate surface area is 154 Å². The molecule has 1 saturated carbocycles. The molecule has 2 aliphatic heterocycles. The van der Waals surface area contributed by atoms with Gasteiger partial charge in [-0.25, -0.2) is 13.6 Å². The van der Waals surface area contributed by atoms with E-state index in [1.165, 1.54) is 0 Å². The van der Waals surface area contributed by atoms with Crippen molar-refractivity contribution in [1.29, 1.82) is 0 Å². The molecule has 3 aliphatic rings. The first kappa shape index (κ1) is 19.7. The van der Waals surface area contributed by atoms with Crippen LogP contribution in [0.3, 0.4) is 0 Å². The Morgan fingerprint density at radius 1 is 1.31 bits per heavy atom. The molecule has 0 aromatic heterocycles. The molecule has 26 heavy (non-hydrogen) atoms. The van der Waals surface area contributed by atoms with Crippen LogP contribution in [0.5, 0.6) is 0 Å². The third-order valence-corrected chi connectivity index (χ3v) is 5.72. The van der Waals surface area contributed by atoms with E-state index in [1.807, 2.05) is 13.0 Å². The number of ether oxygens (including phenoxy) is 3. The molecule has 7 unspecified atom stereocenters. The average molecular weight is 372 g/mol. The van der Waals surface area contributed by atoms with Gasteiger partial charge in [-0.15, -0.1) is 0 Å². The summed E-state index contributed by atoms with van der Waals surface area (Å²) in [6.07, 6.45) is 5.83. The van der Waals surface area contributed by atoms with Gasteiger partial charge in [0.05, 0.1) is 0 Å². The monoisotopic (exact) mass is 372 g/mol. The van der Waals surface area contributed by atoms with Crippen molar-refractivity contribution < 1.29 is 27.8 Å². The molecule has 3 fully saturated rings. The smallest absolute Gasteiger partial charge is 0.341 e. The SMILES string of the molecule is CCCCC(F)C(C=CC1CCC2OC(=O)C(F)C12)OC1CCCCO1. The molecule has 0 radical (unpaired) electrons. The number of carbonyl (C=O) groups excluding carboxylic acids is 1. The lowest BCUT2D eigenvalue weighted by atomic mass is 9.91. The quantitative estimate of drug-likeness (QED) is 0.471. The van der Waals surface area contributed by atoms with Gasteiger partial charge in [-0.3, -0.25) is 0 Å². The van der Waals surface area contributed by atoms with Gasteiger partial charge in [-0.1, -0.05) is 31.9 Å². The molecule has 2 heterocycles. The predicted molar refractivity (Wildman–Crippen MR) is 93.0 cm³/mol. The number of esters is 1. The maximum atomic E-state index is 14.7. The predicted octanol–water partition coefficient (Wildman–Crippen LogP) is 4.27. The molecule has 0 N–H and O–H groups in total. The van der Waals surface area contributed by atoms with Crippen molar-refractivity contribution in [3.63, 3.8) is 0 Å². The van der Waals surface area contributed by atoms with Crippen LogP contribution in [0.2, 0.25) is 0 Å². The molecule has 2 saturated heterocycles. The zero-order valence-electron chi connectivity index (χ0n) is 15.4. The summed E-state index contributed by atoms with van der Waals surface area (Å²) in [5.41, 5.74) is 0. The fourth-order valence-corrected chi connectivity index (χ4v) is 4.22. The maximum Gasteiger partial charge on any atom is 0.341 e. The lowest BCUT2D eigenvalue weighted by Crippen LogP contribution is -2.32. The van der Waals surface area contributed by atoms with E-state index in [0.717, 1.165) is 38.5 Å². The molecule has 0 bridgehead atoms. The molecule has 0 amide bonds. The molecular weight excluding hydrogens is 342 g/mol. The average Bonchev–Trinajstić information content (AvgIpc) is 3.17. The van der Waals surface area contributed by atoms with Gasteiger partial charge in [0, 0.05) is 12.5 Å². The highest BCUT2D eigenvalue weighted by atomic mass is 19.1. The van der Waals surface area contributed by atoms with E-state index in [0.29, 0.717) is 19.4 Å². The fraction of sp³-hybridized carbons (Fsp3) is 0.850. The van der Waals surface area contributed by atoms with Gasteiger partial charge in [0.15, 0.2) is 6.29 Å². The molecule has 148 valence electrons. The summed E-state index contributed by atoms with van der Waals surface area (Å²) in [7, 11) is 0.